The van der Waals surface area contributed by atoms with Gasteiger partial charge in [0.1, 0.15) is 24.1 Å². The normalized spacial score (nSPS) is 23.3. The van der Waals surface area contributed by atoms with Crippen molar-refractivity contribution in [3.8, 4) is 0 Å². The van der Waals surface area contributed by atoms with Gasteiger partial charge in [-0.05, 0) is 36.5 Å². The highest BCUT2D eigenvalue weighted by atomic mass is 19.4. The first kappa shape index (κ1) is 19.9. The Balaban J connectivity index is 1.48. The molecule has 0 saturated carbocycles. The maximum Gasteiger partial charge on any atom is 0.416 e. The average molecular weight is 406 g/mol. The van der Waals surface area contributed by atoms with Crippen LogP contribution < -0.4 is 9.80 Å². The largest absolute Gasteiger partial charge is 0.416 e. The van der Waals surface area contributed by atoms with Gasteiger partial charge < -0.3 is 14.5 Å². The fourth-order valence-electron chi connectivity index (χ4n) is 4.03. The molecule has 0 amide bonds. The highest BCUT2D eigenvalue weighted by Crippen LogP contribution is 2.32. The SMILES string of the molecule is CC1CCCN(c2cc(N3CCOC(c4ccc(C(F)(F)F)cc4)C3)ncn2)C1. The number of ether oxygens (including phenoxy) is 1. The third-order valence-corrected chi connectivity index (χ3v) is 5.62. The molecule has 2 unspecified atom stereocenters. The first-order valence-corrected chi connectivity index (χ1v) is 10.0. The predicted octanol–water partition coefficient (Wildman–Crippen LogP) is 4.31. The van der Waals surface area contributed by atoms with Crippen molar-refractivity contribution in [2.75, 3.05) is 42.6 Å². The Bertz CT molecular complexity index is 827. The van der Waals surface area contributed by atoms with Crippen molar-refractivity contribution in [2.24, 2.45) is 5.92 Å². The number of morpholine rings is 1. The zero-order chi connectivity index (χ0) is 20.4. The van der Waals surface area contributed by atoms with Crippen molar-refractivity contribution >= 4 is 11.6 Å². The van der Waals surface area contributed by atoms with E-state index in [1.54, 1.807) is 6.33 Å². The molecule has 5 nitrogen and oxygen atoms in total. The molecule has 156 valence electrons. The van der Waals surface area contributed by atoms with E-state index in [1.807, 2.05) is 6.07 Å². The zero-order valence-electron chi connectivity index (χ0n) is 16.4. The highest BCUT2D eigenvalue weighted by Gasteiger charge is 2.31. The van der Waals surface area contributed by atoms with Crippen LogP contribution in [0, 0.1) is 5.92 Å². The van der Waals surface area contributed by atoms with Gasteiger partial charge in [-0.15, -0.1) is 0 Å². The molecule has 0 spiro atoms. The molecule has 2 aliphatic rings. The number of rotatable bonds is 3. The van der Waals surface area contributed by atoms with Gasteiger partial charge in [0.15, 0.2) is 0 Å². The number of halogens is 3. The number of hydrogen-bond acceptors (Lipinski definition) is 5. The Labute approximate surface area is 168 Å². The van der Waals surface area contributed by atoms with E-state index in [0.717, 1.165) is 48.8 Å². The lowest BCUT2D eigenvalue weighted by molar-refractivity contribution is -0.137. The Morgan fingerprint density at radius 3 is 2.34 bits per heavy atom. The summed E-state index contributed by atoms with van der Waals surface area (Å²) in [5.74, 6) is 2.40. The van der Waals surface area contributed by atoms with Crippen LogP contribution in [0.3, 0.4) is 0 Å². The Morgan fingerprint density at radius 2 is 1.69 bits per heavy atom. The number of benzene rings is 1. The van der Waals surface area contributed by atoms with Crippen molar-refractivity contribution in [3.05, 3.63) is 47.8 Å². The van der Waals surface area contributed by atoms with E-state index in [-0.39, 0.29) is 6.10 Å². The molecule has 0 aliphatic carbocycles. The summed E-state index contributed by atoms with van der Waals surface area (Å²) in [6, 6.07) is 7.22. The molecule has 3 heterocycles. The summed E-state index contributed by atoms with van der Waals surface area (Å²) in [4.78, 5) is 13.3. The Morgan fingerprint density at radius 1 is 1.00 bits per heavy atom. The highest BCUT2D eigenvalue weighted by molar-refractivity contribution is 5.51. The van der Waals surface area contributed by atoms with Crippen molar-refractivity contribution < 1.29 is 17.9 Å². The fourth-order valence-corrected chi connectivity index (χ4v) is 4.03. The topological polar surface area (TPSA) is 41.5 Å². The summed E-state index contributed by atoms with van der Waals surface area (Å²) in [6.07, 6.45) is -0.631. The minimum atomic E-state index is -4.33. The van der Waals surface area contributed by atoms with E-state index < -0.39 is 11.7 Å². The molecule has 2 aromatic rings. The van der Waals surface area contributed by atoms with Gasteiger partial charge in [0.25, 0.3) is 0 Å². The van der Waals surface area contributed by atoms with E-state index >= 15 is 0 Å². The molecule has 0 bridgehead atoms. The monoisotopic (exact) mass is 406 g/mol. The standard InChI is InChI=1S/C21H25F3N4O/c1-15-3-2-8-27(12-15)19-11-20(26-14-25-19)28-9-10-29-18(13-28)16-4-6-17(7-5-16)21(22,23)24/h4-7,11,14-15,18H,2-3,8-10,12-13H2,1H3. The lowest BCUT2D eigenvalue weighted by Crippen LogP contribution is -2.39. The van der Waals surface area contributed by atoms with Crippen LogP contribution in [0.25, 0.3) is 0 Å². The van der Waals surface area contributed by atoms with E-state index in [2.05, 4.69) is 26.7 Å². The summed E-state index contributed by atoms with van der Waals surface area (Å²) < 4.78 is 44.2. The second-order valence-corrected chi connectivity index (χ2v) is 7.85. The van der Waals surface area contributed by atoms with Crippen LogP contribution in [-0.2, 0) is 10.9 Å². The van der Waals surface area contributed by atoms with Crippen LogP contribution in [0.2, 0.25) is 0 Å². The van der Waals surface area contributed by atoms with Crippen LogP contribution in [0.15, 0.2) is 36.7 Å². The van der Waals surface area contributed by atoms with E-state index in [4.69, 9.17) is 4.74 Å². The molecule has 1 aromatic carbocycles. The Hall–Kier alpha value is -2.35. The van der Waals surface area contributed by atoms with Crippen molar-refractivity contribution in [1.29, 1.82) is 0 Å². The smallest absolute Gasteiger partial charge is 0.370 e. The molecule has 0 radical (unpaired) electrons. The number of piperidine rings is 1. The first-order valence-electron chi connectivity index (χ1n) is 10.0. The molecule has 29 heavy (non-hydrogen) atoms. The molecule has 1 aromatic heterocycles. The third kappa shape index (κ3) is 4.63. The van der Waals surface area contributed by atoms with Crippen molar-refractivity contribution in [1.82, 2.24) is 9.97 Å². The number of alkyl halides is 3. The Kier molecular flexibility index (Phi) is 5.63. The molecular weight excluding hydrogens is 381 g/mol. The maximum absolute atomic E-state index is 12.8. The van der Waals surface area contributed by atoms with Gasteiger partial charge in [-0.2, -0.15) is 13.2 Å². The van der Waals surface area contributed by atoms with Gasteiger partial charge in [0.05, 0.1) is 12.2 Å². The molecule has 2 atom stereocenters. The van der Waals surface area contributed by atoms with Gasteiger partial charge in [0.2, 0.25) is 0 Å². The van der Waals surface area contributed by atoms with Gasteiger partial charge in [-0.1, -0.05) is 19.1 Å². The van der Waals surface area contributed by atoms with Gasteiger partial charge >= 0.3 is 6.18 Å². The summed E-state index contributed by atoms with van der Waals surface area (Å²) >= 11 is 0. The number of aromatic nitrogens is 2. The molecule has 2 fully saturated rings. The summed E-state index contributed by atoms with van der Waals surface area (Å²) in [7, 11) is 0. The number of anilines is 2. The van der Waals surface area contributed by atoms with Crippen LogP contribution in [0.4, 0.5) is 24.8 Å². The van der Waals surface area contributed by atoms with E-state index in [0.29, 0.717) is 25.6 Å². The first-order chi connectivity index (χ1) is 13.9. The molecule has 4 rings (SSSR count). The van der Waals surface area contributed by atoms with Gasteiger partial charge in [-0.3, -0.25) is 0 Å². The predicted molar refractivity (Wildman–Crippen MR) is 105 cm³/mol. The summed E-state index contributed by atoms with van der Waals surface area (Å²) in [6.45, 7) is 5.96. The van der Waals surface area contributed by atoms with Gasteiger partial charge in [0, 0.05) is 32.2 Å². The second kappa shape index (κ2) is 8.18. The van der Waals surface area contributed by atoms with E-state index in [9.17, 15) is 13.2 Å². The lowest BCUT2D eigenvalue weighted by atomic mass is 10.0. The minimum absolute atomic E-state index is 0.292. The molecule has 0 N–H and O–H groups in total. The number of nitrogens with zero attached hydrogens (tertiary/aromatic N) is 4. The van der Waals surface area contributed by atoms with Crippen LogP contribution >= 0.6 is 0 Å². The van der Waals surface area contributed by atoms with Crippen molar-refractivity contribution in [3.63, 3.8) is 0 Å². The maximum atomic E-state index is 12.8. The van der Waals surface area contributed by atoms with E-state index in [1.165, 1.54) is 18.6 Å². The lowest BCUT2D eigenvalue weighted by Gasteiger charge is -2.35. The second-order valence-electron chi connectivity index (χ2n) is 7.85. The average Bonchev–Trinajstić information content (AvgIpc) is 2.73. The van der Waals surface area contributed by atoms with Crippen LogP contribution in [0.5, 0.6) is 0 Å². The van der Waals surface area contributed by atoms with Crippen molar-refractivity contribution in [2.45, 2.75) is 32.0 Å². The zero-order valence-corrected chi connectivity index (χ0v) is 16.4. The third-order valence-electron chi connectivity index (χ3n) is 5.62. The van der Waals surface area contributed by atoms with Gasteiger partial charge in [-0.25, -0.2) is 9.97 Å². The molecule has 2 saturated heterocycles. The summed E-state index contributed by atoms with van der Waals surface area (Å²) in [5, 5.41) is 0. The van der Waals surface area contributed by atoms with Crippen LogP contribution in [0.1, 0.15) is 37.0 Å². The summed E-state index contributed by atoms with van der Waals surface area (Å²) in [5.41, 5.74) is 0.0898. The number of hydrogen-bond donors (Lipinski definition) is 0. The fraction of sp³-hybridized carbons (Fsp3) is 0.524. The molecule has 8 heteroatoms. The minimum Gasteiger partial charge on any atom is -0.370 e. The molecular formula is C21H25F3N4O. The van der Waals surface area contributed by atoms with Crippen LogP contribution in [-0.4, -0.2) is 42.8 Å². The quantitative estimate of drug-likeness (QED) is 0.760. The molecule has 2 aliphatic heterocycles.